The fourth-order valence-electron chi connectivity index (χ4n) is 3.43. The molecule has 2 unspecified atom stereocenters. The summed E-state index contributed by atoms with van der Waals surface area (Å²) in [6.45, 7) is 14.8. The lowest BCUT2D eigenvalue weighted by Crippen LogP contribution is -2.37. The summed E-state index contributed by atoms with van der Waals surface area (Å²) in [5.41, 5.74) is 0. The van der Waals surface area contributed by atoms with Crippen molar-refractivity contribution in [2.24, 2.45) is 0 Å². The van der Waals surface area contributed by atoms with Crippen LogP contribution in [0.15, 0.2) is 0 Å². The molecule has 0 spiro atoms. The van der Waals surface area contributed by atoms with Crippen LogP contribution >= 0.6 is 24.0 Å². The number of Topliss-reactive ketones (excluding diaryl/α,β-unsaturated/α-hetero) is 2. The molecule has 1 saturated heterocycles. The van der Waals surface area contributed by atoms with Crippen molar-refractivity contribution < 1.29 is 34.0 Å². The van der Waals surface area contributed by atoms with Gasteiger partial charge in [-0.05, 0) is 26.2 Å². The number of hydrogen-bond acceptors (Lipinski definition) is 10. The Kier molecular flexibility index (Phi) is 25.3. The second-order valence-corrected chi connectivity index (χ2v) is 14.7. The summed E-state index contributed by atoms with van der Waals surface area (Å²) in [5.74, 6) is -0.0143. The molecule has 0 amide bonds. The van der Waals surface area contributed by atoms with Gasteiger partial charge in [-0.1, -0.05) is 27.7 Å². The minimum Gasteiger partial charge on any atom is -0.372 e. The van der Waals surface area contributed by atoms with Gasteiger partial charge in [0.05, 0.1) is 0 Å². The number of ketones is 2. The third kappa shape index (κ3) is 22.5. The van der Waals surface area contributed by atoms with Crippen LogP contribution in [0.4, 0.5) is 0 Å². The first kappa shape index (κ1) is 39.2. The van der Waals surface area contributed by atoms with E-state index in [2.05, 4.69) is 9.80 Å². The predicted octanol–water partition coefficient (Wildman–Crippen LogP) is 2.99. The van der Waals surface area contributed by atoms with E-state index in [9.17, 15) is 34.0 Å². The lowest BCUT2D eigenvalue weighted by atomic mass is 10.4. The minimum absolute atomic E-state index is 0.0572. The summed E-state index contributed by atoms with van der Waals surface area (Å²) in [6.07, 6.45) is 3.71. The molecular weight excluding hydrogens is 535 g/mol. The van der Waals surface area contributed by atoms with Gasteiger partial charge in [-0.15, -0.1) is 0 Å². The van der Waals surface area contributed by atoms with E-state index < -0.39 is 24.0 Å². The Morgan fingerprint density at radius 3 is 1.57 bits per heavy atom. The quantitative estimate of drug-likeness (QED) is 0.167. The van der Waals surface area contributed by atoms with Crippen LogP contribution in [0.2, 0.25) is 0 Å². The number of carbonyl (C=O) groups is 3. The Bertz CT molecular complexity index is 618. The monoisotopic (exact) mass is 588 g/mol. The van der Waals surface area contributed by atoms with Crippen LogP contribution in [-0.2, 0) is 14.4 Å². The topological polar surface area (TPSA) is 142 Å². The van der Waals surface area contributed by atoms with Gasteiger partial charge in [-0.25, -0.2) is 9.79 Å². The third-order valence-corrected chi connectivity index (χ3v) is 10.2. The highest BCUT2D eigenvalue weighted by atomic mass is 31.2. The Morgan fingerprint density at radius 1 is 0.757 bits per heavy atom. The normalized spacial score (nSPS) is 17.6. The van der Waals surface area contributed by atoms with Crippen molar-refractivity contribution in [2.75, 3.05) is 76.6 Å². The molecule has 0 aromatic heterocycles. The van der Waals surface area contributed by atoms with Crippen LogP contribution in [0.1, 0.15) is 60.8 Å². The maximum absolute atomic E-state index is 11.3. The Hall–Kier alpha value is 0.0200. The van der Waals surface area contributed by atoms with Gasteiger partial charge in [0.15, 0.2) is 6.29 Å². The summed E-state index contributed by atoms with van der Waals surface area (Å²) in [6, 6.07) is 0. The van der Waals surface area contributed by atoms with Gasteiger partial charge >= 0.3 is 0 Å². The number of rotatable bonds is 15. The molecule has 1 rings (SSSR count). The van der Waals surface area contributed by atoms with Gasteiger partial charge in [0.2, 0.25) is 0 Å². The van der Waals surface area contributed by atoms with Crippen LogP contribution in [0.5, 0.6) is 0 Å². The highest BCUT2D eigenvalue weighted by Crippen LogP contribution is 2.50. The number of nitrogens with zero attached hydrogens (tertiary/aromatic N) is 3. The smallest absolute Gasteiger partial charge is 0.282 e. The van der Waals surface area contributed by atoms with Crippen LogP contribution in [0, 0.1) is 0 Å². The summed E-state index contributed by atoms with van der Waals surface area (Å²) in [5, 5.41) is 0. The number of carbonyl (C=O) groups excluding carboxylic acids is 3. The first-order valence-electron chi connectivity index (χ1n) is 13.3. The molecule has 0 saturated carbocycles. The van der Waals surface area contributed by atoms with E-state index in [1.165, 1.54) is 13.8 Å². The van der Waals surface area contributed by atoms with Gasteiger partial charge in [-0.2, -0.15) is 0 Å². The van der Waals surface area contributed by atoms with Crippen molar-refractivity contribution in [1.82, 2.24) is 14.7 Å². The van der Waals surface area contributed by atoms with Crippen molar-refractivity contribution in [3.63, 3.8) is 0 Å². The number of aldehydes is 1. The van der Waals surface area contributed by atoms with Crippen LogP contribution in [0.25, 0.3) is 0 Å². The van der Waals surface area contributed by atoms with E-state index in [-0.39, 0.29) is 30.4 Å². The van der Waals surface area contributed by atoms with Crippen molar-refractivity contribution >= 4 is 41.9 Å². The lowest BCUT2D eigenvalue weighted by molar-refractivity contribution is -0.117. The van der Waals surface area contributed by atoms with Crippen LogP contribution in [0.3, 0.4) is 0 Å². The Labute approximate surface area is 228 Å². The lowest BCUT2D eigenvalue weighted by Gasteiger charge is -2.28. The molecule has 2 atom stereocenters. The summed E-state index contributed by atoms with van der Waals surface area (Å²) in [7, 11) is -5.84. The zero-order valence-corrected chi connectivity index (χ0v) is 26.6. The first-order chi connectivity index (χ1) is 17.5. The standard InChI is InChI=1S/C20H41N3O7P3.2C2H6/c1-19(25)4-14-32(28)17-22-7-6-21(16-31(27)13-3-12-24)8-10-23(11-9-22)18-33(29,30)15-5-20(2)26;2*1-2/h12,27-30H,3-11,13-18H2,1-2H3;2*1-2H3/q+1;;. The van der Waals surface area contributed by atoms with Gasteiger partial charge in [-0.3, -0.25) is 19.5 Å². The van der Waals surface area contributed by atoms with E-state index in [0.29, 0.717) is 77.0 Å². The van der Waals surface area contributed by atoms with E-state index in [0.717, 1.165) is 6.29 Å². The fourth-order valence-corrected chi connectivity index (χ4v) is 7.91. The highest BCUT2D eigenvalue weighted by molar-refractivity contribution is 7.64. The molecule has 1 aliphatic heterocycles. The molecule has 13 heteroatoms. The molecule has 0 bridgehead atoms. The zero-order valence-electron chi connectivity index (χ0n) is 23.9. The van der Waals surface area contributed by atoms with Gasteiger partial charge in [0.1, 0.15) is 24.0 Å². The van der Waals surface area contributed by atoms with Gasteiger partial charge < -0.3 is 19.4 Å². The van der Waals surface area contributed by atoms with Crippen molar-refractivity contribution in [3.8, 4) is 0 Å². The summed E-state index contributed by atoms with van der Waals surface area (Å²) >= 11 is 0. The van der Waals surface area contributed by atoms with Gasteiger partial charge in [0.25, 0.3) is 7.72 Å². The average molecular weight is 589 g/mol. The predicted molar refractivity (Wildman–Crippen MR) is 158 cm³/mol. The van der Waals surface area contributed by atoms with E-state index in [1.54, 1.807) is 0 Å². The third-order valence-electron chi connectivity index (χ3n) is 5.40. The first-order valence-corrected chi connectivity index (χ1v) is 18.7. The molecule has 1 aliphatic rings. The average Bonchev–Trinajstić information content (AvgIpc) is 2.94. The van der Waals surface area contributed by atoms with Crippen molar-refractivity contribution in [2.45, 2.75) is 60.8 Å². The zero-order chi connectivity index (χ0) is 28.9. The molecule has 4 N–H and O–H groups in total. The summed E-state index contributed by atoms with van der Waals surface area (Å²) < 4.78 is 0. The SMILES string of the molecule is CC.CC.CC(=O)CCP(O)CN1CCN(CP(O)CCC=O)CCN(C[P+](O)(O)CCC(C)=O)CC1. The maximum Gasteiger partial charge on any atom is 0.282 e. The van der Waals surface area contributed by atoms with E-state index in [4.69, 9.17) is 0 Å². The van der Waals surface area contributed by atoms with Crippen molar-refractivity contribution in [1.29, 1.82) is 0 Å². The minimum atomic E-state index is -3.24. The largest absolute Gasteiger partial charge is 0.372 e. The molecule has 220 valence electrons. The second kappa shape index (κ2) is 23.9. The molecule has 0 radical (unpaired) electrons. The fraction of sp³-hybridized carbons (Fsp3) is 0.875. The Balaban J connectivity index is 0. The molecular formula is C24H53N3O7P3+. The second-order valence-electron chi connectivity index (χ2n) is 8.70. The molecule has 0 aliphatic carbocycles. The van der Waals surface area contributed by atoms with E-state index in [1.807, 2.05) is 32.6 Å². The molecule has 10 nitrogen and oxygen atoms in total. The molecule has 0 aromatic rings. The van der Waals surface area contributed by atoms with Crippen LogP contribution < -0.4 is 0 Å². The van der Waals surface area contributed by atoms with Crippen LogP contribution in [-0.4, -0.2) is 129 Å². The maximum atomic E-state index is 11.3. The summed E-state index contributed by atoms with van der Waals surface area (Å²) in [4.78, 5) is 81.1. The number of hydrogen-bond donors (Lipinski definition) is 4. The highest BCUT2D eigenvalue weighted by Gasteiger charge is 2.36. The van der Waals surface area contributed by atoms with Gasteiger partial charge in [0, 0.05) is 87.4 Å². The van der Waals surface area contributed by atoms with E-state index >= 15 is 0 Å². The molecule has 1 fully saturated rings. The molecule has 1 heterocycles. The molecule has 37 heavy (non-hydrogen) atoms. The molecule has 0 aromatic carbocycles. The van der Waals surface area contributed by atoms with Crippen molar-refractivity contribution in [3.05, 3.63) is 0 Å². The Morgan fingerprint density at radius 2 is 1.16 bits per heavy atom.